The second-order valence-electron chi connectivity index (χ2n) is 4.61. The van der Waals surface area contributed by atoms with E-state index in [9.17, 15) is 8.78 Å². The van der Waals surface area contributed by atoms with Crippen molar-refractivity contribution < 1.29 is 13.5 Å². The number of thioether (sulfide) groups is 1. The molecule has 114 valence electrons. The first-order valence-electron chi connectivity index (χ1n) is 6.99. The minimum Gasteiger partial charge on any atom is -0.383 e. The Morgan fingerprint density at radius 3 is 2.50 bits per heavy atom. The van der Waals surface area contributed by atoms with Crippen LogP contribution >= 0.6 is 11.8 Å². The molecule has 0 aliphatic rings. The van der Waals surface area contributed by atoms with Gasteiger partial charge in [0.25, 0.3) is 0 Å². The van der Waals surface area contributed by atoms with Crippen LogP contribution in [0.25, 0.3) is 0 Å². The van der Waals surface area contributed by atoms with Crippen molar-refractivity contribution in [3.05, 3.63) is 29.3 Å². The molecule has 1 aromatic rings. The fraction of sp³-hybridized carbons (Fsp3) is 0.600. The minimum atomic E-state index is -0.463. The normalized spacial score (nSPS) is 11.0. The molecule has 0 aromatic heterocycles. The van der Waals surface area contributed by atoms with Crippen molar-refractivity contribution in [3.63, 3.8) is 0 Å². The molecule has 0 spiro atoms. The number of benzene rings is 1. The highest BCUT2D eigenvalue weighted by molar-refractivity contribution is 7.99. The van der Waals surface area contributed by atoms with E-state index in [-0.39, 0.29) is 4.90 Å². The predicted octanol–water partition coefficient (Wildman–Crippen LogP) is 3.98. The van der Waals surface area contributed by atoms with Crippen LogP contribution in [0.3, 0.4) is 0 Å². The Morgan fingerprint density at radius 2 is 1.90 bits per heavy atom. The summed E-state index contributed by atoms with van der Waals surface area (Å²) in [5, 5.41) is 3.07. The molecule has 0 saturated heterocycles. The molecule has 5 heteroatoms. The summed E-state index contributed by atoms with van der Waals surface area (Å²) >= 11 is 1.26. The van der Waals surface area contributed by atoms with Gasteiger partial charge < -0.3 is 10.1 Å². The summed E-state index contributed by atoms with van der Waals surface area (Å²) in [6.45, 7) is 3.79. The van der Waals surface area contributed by atoms with Crippen molar-refractivity contribution >= 4 is 11.8 Å². The lowest BCUT2D eigenvalue weighted by Gasteiger charge is -2.09. The Kier molecular flexibility index (Phi) is 8.82. The number of methoxy groups -OCH3 is 1. The minimum absolute atomic E-state index is 0.141. The summed E-state index contributed by atoms with van der Waals surface area (Å²) in [6, 6.07) is 2.82. The molecule has 1 aromatic carbocycles. The highest BCUT2D eigenvalue weighted by Gasteiger charge is 2.11. The van der Waals surface area contributed by atoms with Gasteiger partial charge in [-0.2, -0.15) is 0 Å². The zero-order valence-corrected chi connectivity index (χ0v) is 13.0. The summed E-state index contributed by atoms with van der Waals surface area (Å²) in [4.78, 5) is 0.141. The number of unbranched alkanes of at least 4 members (excludes halogenated alkanes) is 2. The summed E-state index contributed by atoms with van der Waals surface area (Å²) in [5.74, 6) is -0.169. The topological polar surface area (TPSA) is 21.3 Å². The van der Waals surface area contributed by atoms with Crippen molar-refractivity contribution in [2.45, 2.75) is 37.6 Å². The lowest BCUT2D eigenvalue weighted by molar-refractivity contribution is 0.199. The summed E-state index contributed by atoms with van der Waals surface area (Å²) < 4.78 is 32.7. The SMILES string of the molecule is CCCCCSc1c(F)cc(CNCCOC)cc1F. The second kappa shape index (κ2) is 10.1. The largest absolute Gasteiger partial charge is 0.383 e. The maximum atomic E-state index is 13.9. The van der Waals surface area contributed by atoms with E-state index < -0.39 is 11.6 Å². The smallest absolute Gasteiger partial charge is 0.140 e. The molecule has 1 N–H and O–H groups in total. The van der Waals surface area contributed by atoms with Gasteiger partial charge in [-0.15, -0.1) is 11.8 Å². The molecule has 2 nitrogen and oxygen atoms in total. The van der Waals surface area contributed by atoms with E-state index in [0.717, 1.165) is 25.0 Å². The number of halogens is 2. The van der Waals surface area contributed by atoms with Gasteiger partial charge in [-0.1, -0.05) is 19.8 Å². The molecule has 0 heterocycles. The van der Waals surface area contributed by atoms with Crippen LogP contribution in [0.4, 0.5) is 8.78 Å². The zero-order chi connectivity index (χ0) is 14.8. The predicted molar refractivity (Wildman–Crippen MR) is 80.2 cm³/mol. The average Bonchev–Trinajstić information content (AvgIpc) is 2.42. The van der Waals surface area contributed by atoms with Crippen LogP contribution in [0.1, 0.15) is 31.7 Å². The zero-order valence-electron chi connectivity index (χ0n) is 12.2. The van der Waals surface area contributed by atoms with E-state index in [1.807, 2.05) is 0 Å². The lowest BCUT2D eigenvalue weighted by Crippen LogP contribution is -2.18. The van der Waals surface area contributed by atoms with E-state index in [4.69, 9.17) is 4.74 Å². The van der Waals surface area contributed by atoms with E-state index in [1.54, 1.807) is 7.11 Å². The number of nitrogens with one attached hydrogen (secondary N) is 1. The Morgan fingerprint density at radius 1 is 1.20 bits per heavy atom. The molecule has 0 amide bonds. The third-order valence-corrected chi connectivity index (χ3v) is 4.04. The standard InChI is InChI=1S/C15H23F2NOS/c1-3-4-5-8-20-15-13(16)9-12(10-14(15)17)11-18-6-7-19-2/h9-10,18H,3-8,11H2,1-2H3. The molecular weight excluding hydrogens is 280 g/mol. The van der Waals surface area contributed by atoms with Crippen molar-refractivity contribution in [2.24, 2.45) is 0 Å². The van der Waals surface area contributed by atoms with Gasteiger partial charge in [-0.3, -0.25) is 0 Å². The number of rotatable bonds is 10. The maximum absolute atomic E-state index is 13.9. The molecule has 0 unspecified atom stereocenters. The molecule has 0 radical (unpaired) electrons. The number of hydrogen-bond donors (Lipinski definition) is 1. The second-order valence-corrected chi connectivity index (χ2v) is 5.72. The Balaban J connectivity index is 2.52. The Hall–Kier alpha value is -0.650. The Bertz CT molecular complexity index is 378. The van der Waals surface area contributed by atoms with E-state index >= 15 is 0 Å². The molecule has 0 aliphatic heterocycles. The van der Waals surface area contributed by atoms with Crippen LogP contribution in [0.2, 0.25) is 0 Å². The monoisotopic (exact) mass is 303 g/mol. The van der Waals surface area contributed by atoms with E-state index in [0.29, 0.717) is 25.3 Å². The summed E-state index contributed by atoms with van der Waals surface area (Å²) in [5.41, 5.74) is 0.619. The number of ether oxygens (including phenoxy) is 1. The van der Waals surface area contributed by atoms with Crippen molar-refractivity contribution in [3.8, 4) is 0 Å². The van der Waals surface area contributed by atoms with E-state index in [2.05, 4.69) is 12.2 Å². The highest BCUT2D eigenvalue weighted by Crippen LogP contribution is 2.27. The van der Waals surface area contributed by atoms with Gasteiger partial charge in [0.05, 0.1) is 11.5 Å². The molecule has 0 atom stereocenters. The molecule has 1 rings (SSSR count). The Labute approximate surface area is 124 Å². The fourth-order valence-electron chi connectivity index (χ4n) is 1.79. The summed E-state index contributed by atoms with van der Waals surface area (Å²) in [7, 11) is 1.62. The van der Waals surface area contributed by atoms with Crippen LogP contribution in [0.15, 0.2) is 17.0 Å². The number of hydrogen-bond acceptors (Lipinski definition) is 3. The highest BCUT2D eigenvalue weighted by atomic mass is 32.2. The van der Waals surface area contributed by atoms with Crippen molar-refractivity contribution in [2.75, 3.05) is 26.0 Å². The van der Waals surface area contributed by atoms with Crippen molar-refractivity contribution in [1.82, 2.24) is 5.32 Å². The first-order valence-corrected chi connectivity index (χ1v) is 7.98. The molecule has 20 heavy (non-hydrogen) atoms. The van der Waals surface area contributed by atoms with Crippen molar-refractivity contribution in [1.29, 1.82) is 0 Å². The first kappa shape index (κ1) is 17.4. The van der Waals surface area contributed by atoms with Crippen LogP contribution in [0, 0.1) is 11.6 Å². The van der Waals surface area contributed by atoms with Gasteiger partial charge in [0.15, 0.2) is 0 Å². The van der Waals surface area contributed by atoms with Gasteiger partial charge in [0, 0.05) is 20.2 Å². The quantitative estimate of drug-likeness (QED) is 0.522. The maximum Gasteiger partial charge on any atom is 0.140 e. The third kappa shape index (κ3) is 6.20. The van der Waals surface area contributed by atoms with Crippen LogP contribution < -0.4 is 5.32 Å². The van der Waals surface area contributed by atoms with E-state index in [1.165, 1.54) is 23.9 Å². The van der Waals surface area contributed by atoms with Crippen LogP contribution in [0.5, 0.6) is 0 Å². The van der Waals surface area contributed by atoms with Crippen LogP contribution in [-0.2, 0) is 11.3 Å². The molecule has 0 aliphatic carbocycles. The summed E-state index contributed by atoms with van der Waals surface area (Å²) in [6.07, 6.45) is 3.19. The van der Waals surface area contributed by atoms with Gasteiger partial charge in [0.1, 0.15) is 11.6 Å². The van der Waals surface area contributed by atoms with Gasteiger partial charge in [0.2, 0.25) is 0 Å². The lowest BCUT2D eigenvalue weighted by atomic mass is 10.2. The van der Waals surface area contributed by atoms with Gasteiger partial charge in [-0.05, 0) is 29.9 Å². The van der Waals surface area contributed by atoms with Gasteiger partial charge in [-0.25, -0.2) is 8.78 Å². The fourth-order valence-corrected chi connectivity index (χ4v) is 2.73. The van der Waals surface area contributed by atoms with Crippen LogP contribution in [-0.4, -0.2) is 26.0 Å². The third-order valence-electron chi connectivity index (χ3n) is 2.86. The van der Waals surface area contributed by atoms with Gasteiger partial charge >= 0.3 is 0 Å². The average molecular weight is 303 g/mol. The molecule has 0 saturated carbocycles. The molecule has 0 bridgehead atoms. The molecule has 0 fully saturated rings. The first-order chi connectivity index (χ1) is 9.69. The molecular formula is C15H23F2NOS.